The van der Waals surface area contributed by atoms with E-state index in [-0.39, 0.29) is 11.9 Å². The smallest absolute Gasteiger partial charge is 0.317 e. The molecule has 0 aliphatic carbocycles. The lowest BCUT2D eigenvalue weighted by atomic mass is 10.0. The van der Waals surface area contributed by atoms with Crippen molar-refractivity contribution >= 4 is 6.03 Å². The Balaban J connectivity index is 1.47. The van der Waals surface area contributed by atoms with Gasteiger partial charge in [-0.05, 0) is 36.5 Å². The Labute approximate surface area is 145 Å². The lowest BCUT2D eigenvalue weighted by Crippen LogP contribution is -2.45. The Morgan fingerprint density at radius 1 is 1.32 bits per heavy atom. The van der Waals surface area contributed by atoms with E-state index in [1.165, 1.54) is 6.07 Å². The van der Waals surface area contributed by atoms with Crippen molar-refractivity contribution in [2.75, 3.05) is 19.6 Å². The second kappa shape index (κ2) is 7.63. The predicted molar refractivity (Wildman–Crippen MR) is 90.2 cm³/mol. The molecular formula is C18H22F2N4O. The minimum Gasteiger partial charge on any atom is -0.337 e. The van der Waals surface area contributed by atoms with E-state index in [9.17, 15) is 13.6 Å². The van der Waals surface area contributed by atoms with Crippen LogP contribution < -0.4 is 5.32 Å². The molecule has 1 fully saturated rings. The van der Waals surface area contributed by atoms with Crippen LogP contribution in [0, 0.1) is 11.6 Å². The second-order valence-corrected chi connectivity index (χ2v) is 6.49. The van der Waals surface area contributed by atoms with Gasteiger partial charge in [-0.25, -0.2) is 18.6 Å². The fourth-order valence-electron chi connectivity index (χ4n) is 3.14. The Morgan fingerprint density at radius 3 is 2.72 bits per heavy atom. The van der Waals surface area contributed by atoms with Crippen LogP contribution >= 0.6 is 0 Å². The van der Waals surface area contributed by atoms with Crippen molar-refractivity contribution in [2.45, 2.75) is 31.7 Å². The van der Waals surface area contributed by atoms with E-state index in [2.05, 4.69) is 14.9 Å². The average Bonchev–Trinajstić information content (AvgIpc) is 3.16. The van der Waals surface area contributed by atoms with Crippen LogP contribution in [0.5, 0.6) is 0 Å². The van der Waals surface area contributed by atoms with Gasteiger partial charge in [0.2, 0.25) is 0 Å². The summed E-state index contributed by atoms with van der Waals surface area (Å²) in [5.74, 6) is -1.82. The van der Waals surface area contributed by atoms with E-state index >= 15 is 0 Å². The number of nitrogens with one attached hydrogen (secondary N) is 1. The molecule has 1 aromatic carbocycles. The molecule has 0 bridgehead atoms. The largest absolute Gasteiger partial charge is 0.337 e. The number of halogens is 2. The van der Waals surface area contributed by atoms with Gasteiger partial charge in [0, 0.05) is 38.1 Å². The van der Waals surface area contributed by atoms with Crippen LogP contribution in [0.3, 0.4) is 0 Å². The summed E-state index contributed by atoms with van der Waals surface area (Å²) in [4.78, 5) is 18.2. The van der Waals surface area contributed by atoms with Crippen molar-refractivity contribution in [2.24, 2.45) is 0 Å². The Morgan fingerprint density at radius 2 is 2.08 bits per heavy atom. The SMILES string of the molecule is C[C@@H](CNC(=O)N1CCC(n2ccnc2)CC1)c1ccc(F)c(F)c1. The third-order valence-electron chi connectivity index (χ3n) is 4.77. The molecule has 2 amide bonds. The number of aromatic nitrogens is 2. The molecule has 5 nitrogen and oxygen atoms in total. The lowest BCUT2D eigenvalue weighted by molar-refractivity contribution is 0.171. The molecule has 1 N–H and O–H groups in total. The first-order valence-electron chi connectivity index (χ1n) is 8.49. The highest BCUT2D eigenvalue weighted by Crippen LogP contribution is 2.22. The summed E-state index contributed by atoms with van der Waals surface area (Å²) in [5.41, 5.74) is 0.665. The molecule has 1 atom stereocenters. The number of carbonyl (C=O) groups is 1. The van der Waals surface area contributed by atoms with Gasteiger partial charge in [0.15, 0.2) is 11.6 Å². The van der Waals surface area contributed by atoms with Gasteiger partial charge in [0.05, 0.1) is 6.33 Å². The number of carbonyl (C=O) groups excluding carboxylic acids is 1. The Bertz CT molecular complexity index is 712. The van der Waals surface area contributed by atoms with E-state index in [1.54, 1.807) is 17.2 Å². The average molecular weight is 348 g/mol. The quantitative estimate of drug-likeness (QED) is 0.922. The highest BCUT2D eigenvalue weighted by atomic mass is 19.2. The maximum Gasteiger partial charge on any atom is 0.317 e. The van der Waals surface area contributed by atoms with E-state index in [0.717, 1.165) is 18.9 Å². The van der Waals surface area contributed by atoms with E-state index in [4.69, 9.17) is 0 Å². The molecule has 0 radical (unpaired) electrons. The van der Waals surface area contributed by atoms with E-state index in [0.29, 0.717) is 31.2 Å². The van der Waals surface area contributed by atoms with Gasteiger partial charge < -0.3 is 14.8 Å². The number of urea groups is 1. The molecule has 2 aromatic rings. The number of nitrogens with zero attached hydrogens (tertiary/aromatic N) is 3. The number of hydrogen-bond donors (Lipinski definition) is 1. The molecule has 1 saturated heterocycles. The number of amides is 2. The molecule has 7 heteroatoms. The first kappa shape index (κ1) is 17.4. The van der Waals surface area contributed by atoms with Gasteiger partial charge in [-0.3, -0.25) is 0 Å². The van der Waals surface area contributed by atoms with Crippen molar-refractivity contribution < 1.29 is 13.6 Å². The molecule has 3 rings (SSSR count). The van der Waals surface area contributed by atoms with Crippen molar-refractivity contribution in [1.29, 1.82) is 0 Å². The molecule has 134 valence electrons. The van der Waals surface area contributed by atoms with Crippen molar-refractivity contribution in [3.63, 3.8) is 0 Å². The molecular weight excluding hydrogens is 326 g/mol. The number of likely N-dealkylation sites (tertiary alicyclic amines) is 1. The molecule has 2 heterocycles. The molecule has 0 unspecified atom stereocenters. The molecule has 0 saturated carbocycles. The van der Waals surface area contributed by atoms with Crippen LogP contribution in [0.4, 0.5) is 13.6 Å². The van der Waals surface area contributed by atoms with Crippen LogP contribution in [0.1, 0.15) is 37.3 Å². The fraction of sp³-hybridized carbons (Fsp3) is 0.444. The number of benzene rings is 1. The molecule has 0 spiro atoms. The van der Waals surface area contributed by atoms with Gasteiger partial charge in [0.25, 0.3) is 0 Å². The highest BCUT2D eigenvalue weighted by molar-refractivity contribution is 5.74. The zero-order valence-electron chi connectivity index (χ0n) is 14.2. The molecule has 1 aromatic heterocycles. The van der Waals surface area contributed by atoms with Crippen LogP contribution in [-0.4, -0.2) is 40.1 Å². The second-order valence-electron chi connectivity index (χ2n) is 6.49. The molecule has 1 aliphatic rings. The van der Waals surface area contributed by atoms with Crippen molar-refractivity contribution in [3.05, 3.63) is 54.1 Å². The summed E-state index contributed by atoms with van der Waals surface area (Å²) >= 11 is 0. The predicted octanol–water partition coefficient (Wildman–Crippen LogP) is 3.31. The number of imidazole rings is 1. The fourth-order valence-corrected chi connectivity index (χ4v) is 3.14. The number of rotatable bonds is 4. The molecule has 1 aliphatic heterocycles. The van der Waals surface area contributed by atoms with Crippen LogP contribution in [0.25, 0.3) is 0 Å². The lowest BCUT2D eigenvalue weighted by Gasteiger charge is -2.32. The summed E-state index contributed by atoms with van der Waals surface area (Å²) in [6.45, 7) is 3.63. The maximum atomic E-state index is 13.3. The first-order chi connectivity index (χ1) is 12.0. The van der Waals surface area contributed by atoms with Crippen molar-refractivity contribution in [3.8, 4) is 0 Å². The van der Waals surface area contributed by atoms with Crippen LogP contribution in [-0.2, 0) is 0 Å². The summed E-state index contributed by atoms with van der Waals surface area (Å²) in [5, 5.41) is 2.89. The third-order valence-corrected chi connectivity index (χ3v) is 4.77. The van der Waals surface area contributed by atoms with E-state index < -0.39 is 11.6 Å². The Kier molecular flexibility index (Phi) is 5.31. The summed E-state index contributed by atoms with van der Waals surface area (Å²) < 4.78 is 28.4. The highest BCUT2D eigenvalue weighted by Gasteiger charge is 2.23. The standard InChI is InChI=1S/C18H22F2N4O/c1-13(14-2-3-16(19)17(20)10-14)11-22-18(25)23-7-4-15(5-8-23)24-9-6-21-12-24/h2-3,6,9-10,12-13,15H,4-5,7-8,11H2,1H3,(H,22,25)/t13-/m0/s1. The number of hydrogen-bond acceptors (Lipinski definition) is 2. The summed E-state index contributed by atoms with van der Waals surface area (Å²) in [6, 6.07) is 4.12. The summed E-state index contributed by atoms with van der Waals surface area (Å²) in [7, 11) is 0. The van der Waals surface area contributed by atoms with Crippen LogP contribution in [0.2, 0.25) is 0 Å². The third kappa shape index (κ3) is 4.15. The van der Waals surface area contributed by atoms with Gasteiger partial charge in [-0.15, -0.1) is 0 Å². The van der Waals surface area contributed by atoms with Crippen molar-refractivity contribution in [1.82, 2.24) is 19.8 Å². The monoisotopic (exact) mass is 348 g/mol. The minimum atomic E-state index is -0.864. The van der Waals surface area contributed by atoms with Gasteiger partial charge in [0.1, 0.15) is 0 Å². The summed E-state index contributed by atoms with van der Waals surface area (Å²) in [6.07, 6.45) is 7.30. The van der Waals surface area contributed by atoms with Crippen LogP contribution in [0.15, 0.2) is 36.9 Å². The Hall–Kier alpha value is -2.44. The zero-order chi connectivity index (χ0) is 17.8. The topological polar surface area (TPSA) is 50.2 Å². The first-order valence-corrected chi connectivity index (χ1v) is 8.49. The maximum absolute atomic E-state index is 13.3. The van der Waals surface area contributed by atoms with Gasteiger partial charge in [-0.1, -0.05) is 13.0 Å². The minimum absolute atomic E-state index is 0.0949. The molecule has 25 heavy (non-hydrogen) atoms. The van der Waals surface area contributed by atoms with Gasteiger partial charge >= 0.3 is 6.03 Å². The normalized spacial score (nSPS) is 16.7. The number of piperidine rings is 1. The van der Waals surface area contributed by atoms with Gasteiger partial charge in [-0.2, -0.15) is 0 Å². The zero-order valence-corrected chi connectivity index (χ0v) is 14.2. The van der Waals surface area contributed by atoms with E-state index in [1.807, 2.05) is 19.4 Å².